The van der Waals surface area contributed by atoms with Gasteiger partial charge in [-0.05, 0) is 24.3 Å². The highest BCUT2D eigenvalue weighted by Crippen LogP contribution is 2.05. The van der Waals surface area contributed by atoms with Gasteiger partial charge in [-0.15, -0.1) is 12.4 Å². The molecule has 0 atom stereocenters. The summed E-state index contributed by atoms with van der Waals surface area (Å²) >= 11 is 0. The Bertz CT molecular complexity index is 693. The fourth-order valence-corrected chi connectivity index (χ4v) is 1.62. The molecule has 0 radical (unpaired) electrons. The van der Waals surface area contributed by atoms with Gasteiger partial charge in [0.1, 0.15) is 0 Å². The topological polar surface area (TPSA) is 173 Å². The number of carbonyl (C=O) groups excluding carboxylic acids is 3. The Labute approximate surface area is 160 Å². The van der Waals surface area contributed by atoms with E-state index in [0.717, 1.165) is 0 Å². The van der Waals surface area contributed by atoms with E-state index in [0.29, 0.717) is 0 Å². The third-order valence-corrected chi connectivity index (χ3v) is 2.77. The number of quaternary nitrogens is 1. The van der Waals surface area contributed by atoms with E-state index in [4.69, 9.17) is 10.1 Å². The van der Waals surface area contributed by atoms with Gasteiger partial charge in [-0.25, -0.2) is 9.59 Å². The number of nitrogens with one attached hydrogen (secondary N) is 1. The highest BCUT2D eigenvalue weighted by Gasteiger charge is 2.16. The first-order chi connectivity index (χ1) is 12.6. The number of hydrogen-bond acceptors (Lipinski definition) is 9. The van der Waals surface area contributed by atoms with Gasteiger partial charge in [0, 0.05) is 31.2 Å². The maximum Gasteiger partial charge on any atom is 0.347 e. The van der Waals surface area contributed by atoms with Crippen molar-refractivity contribution in [3.8, 4) is 0 Å². The van der Waals surface area contributed by atoms with Crippen LogP contribution in [-0.2, 0) is 14.3 Å². The number of esters is 3. The minimum absolute atomic E-state index is 0. The van der Waals surface area contributed by atoms with E-state index in [2.05, 4.69) is 26.4 Å². The van der Waals surface area contributed by atoms with Crippen molar-refractivity contribution in [1.29, 1.82) is 5.41 Å². The maximum atomic E-state index is 11.7. The molecule has 0 aliphatic rings. The summed E-state index contributed by atoms with van der Waals surface area (Å²) < 4.78 is 9.39. The number of rotatable bonds is 5. The predicted molar refractivity (Wildman–Crippen MR) is 95.6 cm³/mol. The van der Waals surface area contributed by atoms with Gasteiger partial charge in [0.05, 0.1) is 17.5 Å². The third kappa shape index (κ3) is 8.63. The van der Waals surface area contributed by atoms with Crippen molar-refractivity contribution in [3.05, 3.63) is 60.2 Å². The summed E-state index contributed by atoms with van der Waals surface area (Å²) in [5.41, 5.74) is 0.334. The van der Waals surface area contributed by atoms with Crippen LogP contribution in [0.1, 0.15) is 33.6 Å². The second-order valence-electron chi connectivity index (χ2n) is 4.56. The van der Waals surface area contributed by atoms with Crippen molar-refractivity contribution < 1.29 is 29.7 Å². The van der Waals surface area contributed by atoms with Crippen molar-refractivity contribution >= 4 is 36.2 Å². The zero-order valence-corrected chi connectivity index (χ0v) is 15.0. The zero-order valence-electron chi connectivity index (χ0n) is 14.2. The minimum atomic E-state index is -0.828. The Morgan fingerprint density at radius 1 is 0.926 bits per heavy atom. The summed E-state index contributed by atoms with van der Waals surface area (Å²) in [6, 6.07) is 6.04. The quantitative estimate of drug-likeness (QED) is 0.161. The fourth-order valence-electron chi connectivity index (χ4n) is 1.62. The molecule has 2 aromatic heterocycles. The van der Waals surface area contributed by atoms with Crippen LogP contribution in [0.15, 0.2) is 49.1 Å². The summed E-state index contributed by atoms with van der Waals surface area (Å²) in [5, 5.41) is 7.54. The van der Waals surface area contributed by atoms with E-state index in [1.54, 1.807) is 6.07 Å². The minimum Gasteiger partial charge on any atom is -0.409 e. The summed E-state index contributed by atoms with van der Waals surface area (Å²) in [5.74, 6) is 4.19. The van der Waals surface area contributed by atoms with Gasteiger partial charge in [-0.1, -0.05) is 0 Å². The van der Waals surface area contributed by atoms with Crippen molar-refractivity contribution in [2.24, 2.45) is 5.84 Å². The second-order valence-corrected chi connectivity index (χ2v) is 4.56. The van der Waals surface area contributed by atoms with Crippen LogP contribution in [0.3, 0.4) is 0 Å². The molecule has 11 heteroatoms. The average Bonchev–Trinajstić information content (AvgIpc) is 2.69. The zero-order chi connectivity index (χ0) is 19.4. The van der Waals surface area contributed by atoms with Gasteiger partial charge in [0.25, 0.3) is 0 Å². The lowest BCUT2D eigenvalue weighted by molar-refractivity contribution is -0.379. The molecule has 0 aromatic carbocycles. The standard InChI is InChI=1S/C16H13N3O5.ClH.H4N2/c17-13(23-15(21)11-3-1-7-18-9-11)5-6-14(20)24-16(22)12-4-2-8-19-10-12;;1-2/h1-4,7-10,17H,5-6H2;1H;1-2H2/p+1. The molecular formula is C16H19ClN5O5+. The van der Waals surface area contributed by atoms with E-state index in [-0.39, 0.29) is 36.4 Å². The lowest BCUT2D eigenvalue weighted by Gasteiger charge is -2.05. The van der Waals surface area contributed by atoms with Gasteiger partial charge in [0.15, 0.2) is 5.90 Å². The largest absolute Gasteiger partial charge is 0.409 e. The maximum absolute atomic E-state index is 11.7. The smallest absolute Gasteiger partial charge is 0.347 e. The third-order valence-electron chi connectivity index (χ3n) is 2.77. The number of carbonyl (C=O) groups is 3. The average molecular weight is 397 g/mol. The van der Waals surface area contributed by atoms with Crippen LogP contribution < -0.4 is 11.7 Å². The molecule has 0 spiro atoms. The molecule has 2 heterocycles. The predicted octanol–water partition coefficient (Wildman–Crippen LogP) is 0.298. The van der Waals surface area contributed by atoms with Gasteiger partial charge in [-0.2, -0.15) is 5.84 Å². The highest BCUT2D eigenvalue weighted by molar-refractivity contribution is 5.99. The molecule has 0 saturated carbocycles. The fraction of sp³-hybridized carbons (Fsp3) is 0.125. The van der Waals surface area contributed by atoms with Crippen LogP contribution in [-0.4, -0.2) is 33.8 Å². The lowest BCUT2D eigenvalue weighted by Crippen LogP contribution is -2.59. The van der Waals surface area contributed by atoms with E-state index >= 15 is 0 Å². The van der Waals surface area contributed by atoms with E-state index in [9.17, 15) is 14.4 Å². The summed E-state index contributed by atoms with van der Waals surface area (Å²) in [6.45, 7) is 0. The Morgan fingerprint density at radius 3 is 1.85 bits per heavy atom. The van der Waals surface area contributed by atoms with E-state index in [1.165, 1.54) is 43.0 Å². The molecular weight excluding hydrogens is 378 g/mol. The molecule has 0 unspecified atom stereocenters. The molecule has 0 aliphatic heterocycles. The lowest BCUT2D eigenvalue weighted by atomic mass is 10.3. The van der Waals surface area contributed by atoms with Crippen LogP contribution in [0.5, 0.6) is 0 Å². The van der Waals surface area contributed by atoms with Crippen LogP contribution >= 0.6 is 12.4 Å². The number of halogens is 1. The van der Waals surface area contributed by atoms with Crippen molar-refractivity contribution in [3.63, 3.8) is 0 Å². The Kier molecular flexibility index (Phi) is 11.5. The van der Waals surface area contributed by atoms with E-state index in [1.807, 2.05) is 0 Å². The summed E-state index contributed by atoms with van der Waals surface area (Å²) in [6.07, 6.45) is 5.11. The van der Waals surface area contributed by atoms with Crippen LogP contribution in [0.4, 0.5) is 0 Å². The normalized spacial score (nSPS) is 8.96. The van der Waals surface area contributed by atoms with Crippen molar-refractivity contribution in [2.45, 2.75) is 12.8 Å². The summed E-state index contributed by atoms with van der Waals surface area (Å²) in [4.78, 5) is 42.4. The molecule has 0 fully saturated rings. The molecule has 6 N–H and O–H groups in total. The van der Waals surface area contributed by atoms with Gasteiger partial charge < -0.3 is 9.47 Å². The molecule has 2 aromatic rings. The number of pyridine rings is 2. The second kappa shape index (κ2) is 13.1. The molecule has 2 rings (SSSR count). The molecule has 27 heavy (non-hydrogen) atoms. The highest BCUT2D eigenvalue weighted by atomic mass is 35.5. The first-order valence-corrected chi connectivity index (χ1v) is 7.32. The Balaban J connectivity index is 0.00000218. The SMILES string of the molecule is Cl.N=C(CCC(=O)OC(=O)c1cccnc1)OC(=O)c1cccnc1.N[NH3+]. The van der Waals surface area contributed by atoms with Crippen LogP contribution in [0.2, 0.25) is 0 Å². The molecule has 0 saturated heterocycles. The van der Waals surface area contributed by atoms with Crippen LogP contribution in [0.25, 0.3) is 0 Å². The summed E-state index contributed by atoms with van der Waals surface area (Å²) in [7, 11) is 0. The monoisotopic (exact) mass is 396 g/mol. The van der Waals surface area contributed by atoms with Crippen molar-refractivity contribution in [2.75, 3.05) is 0 Å². The first kappa shape index (κ1) is 23.8. The Morgan fingerprint density at radius 2 is 1.41 bits per heavy atom. The molecule has 10 nitrogen and oxygen atoms in total. The molecule has 0 bridgehead atoms. The van der Waals surface area contributed by atoms with Gasteiger partial charge in [0.2, 0.25) is 0 Å². The molecule has 0 aliphatic carbocycles. The first-order valence-electron chi connectivity index (χ1n) is 7.32. The van der Waals surface area contributed by atoms with Crippen molar-refractivity contribution in [1.82, 2.24) is 9.97 Å². The molecule has 144 valence electrons. The van der Waals surface area contributed by atoms with E-state index < -0.39 is 23.8 Å². The number of aromatic nitrogens is 2. The van der Waals surface area contributed by atoms with Gasteiger partial charge in [-0.3, -0.25) is 26.0 Å². The number of nitrogens with zero attached hydrogens (tertiary/aromatic N) is 2. The molecule has 0 amide bonds. The van der Waals surface area contributed by atoms with Crippen LogP contribution in [0, 0.1) is 5.41 Å². The van der Waals surface area contributed by atoms with Gasteiger partial charge >= 0.3 is 17.9 Å². The Hall–Kier alpha value is -3.21. The number of hydrogen-bond donors (Lipinski definition) is 3. The number of nitrogens with two attached hydrogens (primary N) is 1. The number of ether oxygens (including phenoxy) is 2.